The maximum atomic E-state index is 14.2. The van der Waals surface area contributed by atoms with Crippen LogP contribution in [0, 0.1) is 18.6 Å². The number of pyridine rings is 1. The number of rotatable bonds is 4. The molecule has 2 atom stereocenters. The number of hydrogen-bond acceptors (Lipinski definition) is 5. The zero-order valence-corrected chi connectivity index (χ0v) is 21.1. The number of hydrogen-bond donors (Lipinski definition) is 4. The van der Waals surface area contributed by atoms with Crippen molar-refractivity contribution in [1.82, 2.24) is 20.5 Å². The molecule has 2 aromatic heterocycles. The lowest BCUT2D eigenvalue weighted by Gasteiger charge is -2.40. The van der Waals surface area contributed by atoms with Gasteiger partial charge in [-0.3, -0.25) is 5.10 Å². The zero-order chi connectivity index (χ0) is 26.3. The van der Waals surface area contributed by atoms with Crippen LogP contribution in [0.2, 0.25) is 0 Å². The number of carbonyl (C=O) groups is 1. The summed E-state index contributed by atoms with van der Waals surface area (Å²) in [5, 5.41) is 23.4. The Morgan fingerprint density at radius 2 is 1.92 bits per heavy atom. The molecule has 1 aliphatic heterocycles. The first-order valence-electron chi connectivity index (χ1n) is 12.5. The molecule has 1 saturated heterocycles. The molecule has 2 aliphatic rings. The summed E-state index contributed by atoms with van der Waals surface area (Å²) < 4.78 is 33.8. The van der Waals surface area contributed by atoms with E-state index >= 15 is 0 Å². The fourth-order valence-electron chi connectivity index (χ4n) is 5.52. The molecule has 1 fully saturated rings. The molecule has 37 heavy (non-hydrogen) atoms. The van der Waals surface area contributed by atoms with Gasteiger partial charge in [0, 0.05) is 30.9 Å². The number of ether oxygens (including phenoxy) is 1. The summed E-state index contributed by atoms with van der Waals surface area (Å²) in [6.45, 7) is 6.84. The van der Waals surface area contributed by atoms with E-state index in [1.165, 1.54) is 0 Å². The number of amides is 2. The van der Waals surface area contributed by atoms with Gasteiger partial charge >= 0.3 is 6.03 Å². The molecule has 5 rings (SSSR count). The lowest BCUT2D eigenvalue weighted by atomic mass is 9.69. The van der Waals surface area contributed by atoms with Crippen LogP contribution in [0.5, 0.6) is 0 Å². The smallest absolute Gasteiger partial charge is 0.319 e. The summed E-state index contributed by atoms with van der Waals surface area (Å²) >= 11 is 0. The third-order valence-corrected chi connectivity index (χ3v) is 7.42. The van der Waals surface area contributed by atoms with E-state index in [1.54, 1.807) is 12.4 Å². The molecule has 0 spiro atoms. The van der Waals surface area contributed by atoms with Crippen LogP contribution < -0.4 is 10.6 Å². The fourth-order valence-corrected chi connectivity index (χ4v) is 5.52. The highest BCUT2D eigenvalue weighted by atomic mass is 19.2. The highest BCUT2D eigenvalue weighted by molar-refractivity contribution is 5.91. The van der Waals surface area contributed by atoms with Gasteiger partial charge in [0.15, 0.2) is 11.6 Å². The summed E-state index contributed by atoms with van der Waals surface area (Å²) in [6, 6.07) is 2.64. The van der Waals surface area contributed by atoms with E-state index in [-0.39, 0.29) is 12.3 Å². The Bertz CT molecular complexity index is 1310. The highest BCUT2D eigenvalue weighted by Gasteiger charge is 2.40. The first-order valence-corrected chi connectivity index (χ1v) is 12.5. The molecule has 10 heteroatoms. The van der Waals surface area contributed by atoms with E-state index in [9.17, 15) is 18.7 Å². The van der Waals surface area contributed by atoms with Gasteiger partial charge in [-0.25, -0.2) is 18.6 Å². The number of anilines is 1. The summed E-state index contributed by atoms with van der Waals surface area (Å²) in [6.07, 6.45) is 4.32. The fraction of sp³-hybridized carbons (Fsp3) is 0.444. The van der Waals surface area contributed by atoms with Gasteiger partial charge < -0.3 is 20.5 Å². The van der Waals surface area contributed by atoms with Gasteiger partial charge in [0.05, 0.1) is 35.4 Å². The van der Waals surface area contributed by atoms with Crippen molar-refractivity contribution in [2.24, 2.45) is 0 Å². The monoisotopic (exact) mass is 511 g/mol. The second kappa shape index (κ2) is 9.83. The third kappa shape index (κ3) is 4.95. The number of nitrogens with one attached hydrogen (secondary N) is 3. The average Bonchev–Trinajstić information content (AvgIpc) is 3.38. The van der Waals surface area contributed by atoms with E-state index in [0.717, 1.165) is 47.5 Å². The van der Waals surface area contributed by atoms with Gasteiger partial charge in [0.1, 0.15) is 0 Å². The summed E-state index contributed by atoms with van der Waals surface area (Å²) in [7, 11) is 0. The molecule has 4 N–H and O–H groups in total. The number of aliphatic hydroxyl groups excluding tert-OH is 1. The number of carbonyl (C=O) groups excluding carboxylic acids is 1. The Kier molecular flexibility index (Phi) is 6.72. The van der Waals surface area contributed by atoms with Crippen LogP contribution in [0.25, 0.3) is 11.3 Å². The van der Waals surface area contributed by atoms with Crippen molar-refractivity contribution >= 4 is 11.7 Å². The molecule has 196 valence electrons. The number of fused-ring (bicyclic) bond motifs is 1. The Balaban J connectivity index is 1.45. The Morgan fingerprint density at radius 3 is 2.62 bits per heavy atom. The van der Waals surface area contributed by atoms with Crippen LogP contribution >= 0.6 is 0 Å². The molecular formula is C27H31F2N5O3. The van der Waals surface area contributed by atoms with Crippen LogP contribution in [0.3, 0.4) is 0 Å². The average molecular weight is 512 g/mol. The van der Waals surface area contributed by atoms with Gasteiger partial charge in [-0.15, -0.1) is 0 Å². The lowest BCUT2D eigenvalue weighted by molar-refractivity contribution is 0.0846. The molecule has 8 nitrogen and oxygen atoms in total. The van der Waals surface area contributed by atoms with E-state index in [4.69, 9.17) is 9.72 Å². The van der Waals surface area contributed by atoms with E-state index in [2.05, 4.69) is 20.8 Å². The van der Waals surface area contributed by atoms with Gasteiger partial charge in [-0.2, -0.15) is 5.10 Å². The molecule has 2 unspecified atom stereocenters. The van der Waals surface area contributed by atoms with Crippen LogP contribution in [-0.2, 0) is 10.2 Å². The zero-order valence-electron chi connectivity index (χ0n) is 21.1. The second-order valence-corrected chi connectivity index (χ2v) is 10.5. The molecule has 2 amide bonds. The number of aryl methyl sites for hydroxylation is 1. The number of aromatic nitrogens is 3. The standard InChI is InChI=1S/C27H31F2N5O3/c1-14-8-21(24(15-4-6-37-7-5-15)33-23(14)16-12-30-31-13-16)32-26(36)34-25-17-9-19(28)20(29)10-18(17)27(2,3)11-22(25)35/h8-10,12-13,15,22,25,35H,4-7,11H2,1-3H3,(H,30,31)(H2,32,34,36). The first-order chi connectivity index (χ1) is 17.6. The Morgan fingerprint density at radius 1 is 1.19 bits per heavy atom. The molecule has 3 heterocycles. The molecule has 1 aliphatic carbocycles. The van der Waals surface area contributed by atoms with Crippen molar-refractivity contribution in [2.75, 3.05) is 18.5 Å². The molecule has 0 radical (unpaired) electrons. The Hall–Kier alpha value is -3.37. The molecule has 0 bridgehead atoms. The van der Waals surface area contributed by atoms with Crippen LogP contribution in [0.1, 0.15) is 67.5 Å². The van der Waals surface area contributed by atoms with Gasteiger partial charge in [-0.1, -0.05) is 13.8 Å². The number of urea groups is 1. The van der Waals surface area contributed by atoms with Crippen molar-refractivity contribution in [3.05, 3.63) is 64.6 Å². The first kappa shape index (κ1) is 25.3. The number of H-pyrrole nitrogens is 1. The number of benzene rings is 1. The van der Waals surface area contributed by atoms with E-state index in [0.29, 0.717) is 30.0 Å². The van der Waals surface area contributed by atoms with Crippen molar-refractivity contribution in [2.45, 2.75) is 63.5 Å². The maximum Gasteiger partial charge on any atom is 0.319 e. The number of aromatic amines is 1. The highest BCUT2D eigenvalue weighted by Crippen LogP contribution is 2.43. The third-order valence-electron chi connectivity index (χ3n) is 7.42. The van der Waals surface area contributed by atoms with Gasteiger partial charge in [0.25, 0.3) is 0 Å². The molecular weight excluding hydrogens is 480 g/mol. The predicted octanol–water partition coefficient (Wildman–Crippen LogP) is 4.86. The molecule has 3 aromatic rings. The lowest BCUT2D eigenvalue weighted by Crippen LogP contribution is -2.45. The van der Waals surface area contributed by atoms with E-state index in [1.807, 2.05) is 26.8 Å². The van der Waals surface area contributed by atoms with Crippen molar-refractivity contribution < 1.29 is 23.4 Å². The minimum atomic E-state index is -1.02. The Labute approximate surface area is 213 Å². The SMILES string of the molecule is Cc1cc(NC(=O)NC2c3cc(F)c(F)cc3C(C)(C)CC2O)c(C2CCOCC2)nc1-c1cn[nH]c1. The molecule has 0 saturated carbocycles. The maximum absolute atomic E-state index is 14.2. The van der Waals surface area contributed by atoms with Crippen molar-refractivity contribution in [1.29, 1.82) is 0 Å². The van der Waals surface area contributed by atoms with Crippen LogP contribution in [0.4, 0.5) is 19.3 Å². The van der Waals surface area contributed by atoms with Gasteiger partial charge in [-0.05, 0) is 66.5 Å². The minimum absolute atomic E-state index is 0.0918. The topological polar surface area (TPSA) is 112 Å². The summed E-state index contributed by atoms with van der Waals surface area (Å²) in [4.78, 5) is 18.2. The normalized spacial score (nSPS) is 21.4. The quantitative estimate of drug-likeness (QED) is 0.400. The van der Waals surface area contributed by atoms with E-state index < -0.39 is 35.2 Å². The largest absolute Gasteiger partial charge is 0.391 e. The van der Waals surface area contributed by atoms with Crippen LogP contribution in [0.15, 0.2) is 30.6 Å². The minimum Gasteiger partial charge on any atom is -0.391 e. The van der Waals surface area contributed by atoms with Crippen molar-refractivity contribution in [3.8, 4) is 11.3 Å². The summed E-state index contributed by atoms with van der Waals surface area (Å²) in [5.41, 5.74) is 4.13. The van der Waals surface area contributed by atoms with Crippen molar-refractivity contribution in [3.63, 3.8) is 0 Å². The van der Waals surface area contributed by atoms with Gasteiger partial charge in [0.2, 0.25) is 0 Å². The number of halogens is 2. The molecule has 1 aromatic carbocycles. The number of nitrogens with zero attached hydrogens (tertiary/aromatic N) is 2. The predicted molar refractivity (Wildman–Crippen MR) is 134 cm³/mol. The summed E-state index contributed by atoms with van der Waals surface area (Å²) in [5.74, 6) is -1.88. The second-order valence-electron chi connectivity index (χ2n) is 10.5. The van der Waals surface area contributed by atoms with Crippen LogP contribution in [-0.4, -0.2) is 45.6 Å². The number of aliphatic hydroxyl groups is 1.